The van der Waals surface area contributed by atoms with Crippen LogP contribution in [-0.2, 0) is 4.74 Å². The zero-order valence-corrected chi connectivity index (χ0v) is 12.1. The summed E-state index contributed by atoms with van der Waals surface area (Å²) in [6.07, 6.45) is 0.619. The molecule has 0 saturated heterocycles. The van der Waals surface area contributed by atoms with Crippen LogP contribution >= 0.6 is 0 Å². The molecule has 0 radical (unpaired) electrons. The Morgan fingerprint density at radius 3 is 2.56 bits per heavy atom. The summed E-state index contributed by atoms with van der Waals surface area (Å²) in [6, 6.07) is 0. The lowest BCUT2D eigenvalue weighted by atomic mass is 10.2. The topological polar surface area (TPSA) is 80.0 Å². The molecule has 0 rings (SSSR count). The van der Waals surface area contributed by atoms with Crippen LogP contribution in [0.2, 0.25) is 0 Å². The molecular formula is C12H26N4O2. The molecule has 1 amide bonds. The lowest BCUT2D eigenvalue weighted by Crippen LogP contribution is -2.41. The van der Waals surface area contributed by atoms with E-state index in [0.717, 1.165) is 6.42 Å². The maximum Gasteiger partial charge on any atom is 0.410 e. The number of likely N-dealkylation sites (N-methyl/N-ethyl adjacent to an activating group) is 1. The highest BCUT2D eigenvalue weighted by molar-refractivity contribution is 5.77. The van der Waals surface area contributed by atoms with E-state index in [1.165, 1.54) is 4.90 Å². The summed E-state index contributed by atoms with van der Waals surface area (Å²) in [6.45, 7) is 9.32. The summed E-state index contributed by atoms with van der Waals surface area (Å²) in [5.74, 6) is 0.412. The first kappa shape index (κ1) is 16.5. The van der Waals surface area contributed by atoms with Crippen molar-refractivity contribution in [1.82, 2.24) is 10.2 Å². The quantitative estimate of drug-likeness (QED) is 0.573. The first-order valence-corrected chi connectivity index (χ1v) is 6.24. The minimum absolute atomic E-state index is 0.339. The van der Waals surface area contributed by atoms with E-state index >= 15 is 0 Å². The molecule has 0 aromatic carbocycles. The smallest absolute Gasteiger partial charge is 0.410 e. The van der Waals surface area contributed by atoms with Crippen molar-refractivity contribution in [2.45, 2.75) is 39.7 Å². The van der Waals surface area contributed by atoms with Gasteiger partial charge in [0.2, 0.25) is 0 Å². The number of amides is 1. The molecule has 106 valence electrons. The van der Waals surface area contributed by atoms with Gasteiger partial charge in [0, 0.05) is 26.7 Å². The van der Waals surface area contributed by atoms with Gasteiger partial charge in [0.25, 0.3) is 0 Å². The Balaban J connectivity index is 3.90. The summed E-state index contributed by atoms with van der Waals surface area (Å²) < 4.78 is 5.22. The van der Waals surface area contributed by atoms with Gasteiger partial charge < -0.3 is 20.7 Å². The molecule has 0 aromatic rings. The van der Waals surface area contributed by atoms with E-state index in [1.54, 1.807) is 7.05 Å². The van der Waals surface area contributed by atoms with Gasteiger partial charge in [0.1, 0.15) is 5.60 Å². The fourth-order valence-electron chi connectivity index (χ4n) is 1.07. The molecule has 0 spiro atoms. The number of carbonyl (C=O) groups excluding carboxylic acids is 1. The van der Waals surface area contributed by atoms with Crippen molar-refractivity contribution in [3.8, 4) is 0 Å². The average molecular weight is 258 g/mol. The molecule has 0 atom stereocenters. The van der Waals surface area contributed by atoms with E-state index in [4.69, 9.17) is 10.5 Å². The second-order valence-corrected chi connectivity index (χ2v) is 5.10. The molecule has 0 fully saturated rings. The van der Waals surface area contributed by atoms with E-state index in [2.05, 4.69) is 10.3 Å². The van der Waals surface area contributed by atoms with Gasteiger partial charge >= 0.3 is 6.09 Å². The number of ether oxygens (including phenoxy) is 1. The van der Waals surface area contributed by atoms with Crippen LogP contribution in [0.15, 0.2) is 4.99 Å². The van der Waals surface area contributed by atoms with Crippen LogP contribution in [0.4, 0.5) is 4.79 Å². The maximum atomic E-state index is 11.6. The number of nitrogens with two attached hydrogens (primary N) is 1. The molecule has 0 aromatic heterocycles. The van der Waals surface area contributed by atoms with Crippen molar-refractivity contribution in [3.05, 3.63) is 0 Å². The number of rotatable bonds is 5. The molecule has 0 aliphatic rings. The van der Waals surface area contributed by atoms with E-state index in [0.29, 0.717) is 25.6 Å². The number of hydrogen-bond acceptors (Lipinski definition) is 3. The number of carbonyl (C=O) groups is 1. The Morgan fingerprint density at radius 1 is 1.44 bits per heavy atom. The highest BCUT2D eigenvalue weighted by atomic mass is 16.6. The summed E-state index contributed by atoms with van der Waals surface area (Å²) in [5.41, 5.74) is 5.16. The van der Waals surface area contributed by atoms with Gasteiger partial charge in [-0.25, -0.2) is 4.79 Å². The number of guanidine groups is 1. The monoisotopic (exact) mass is 258 g/mol. The van der Waals surface area contributed by atoms with Crippen molar-refractivity contribution >= 4 is 12.1 Å². The predicted molar refractivity (Wildman–Crippen MR) is 73.6 cm³/mol. The first-order valence-electron chi connectivity index (χ1n) is 6.24. The van der Waals surface area contributed by atoms with Gasteiger partial charge in [-0.2, -0.15) is 0 Å². The molecule has 0 unspecified atom stereocenters. The number of nitrogens with zero attached hydrogens (tertiary/aromatic N) is 2. The Hall–Kier alpha value is -1.46. The molecule has 6 heteroatoms. The molecule has 0 aliphatic carbocycles. The molecule has 0 bridgehead atoms. The van der Waals surface area contributed by atoms with Crippen molar-refractivity contribution in [2.75, 3.05) is 26.7 Å². The van der Waals surface area contributed by atoms with Crippen LogP contribution in [0.3, 0.4) is 0 Å². The molecule has 3 N–H and O–H groups in total. The van der Waals surface area contributed by atoms with Crippen molar-refractivity contribution in [2.24, 2.45) is 10.7 Å². The van der Waals surface area contributed by atoms with Crippen LogP contribution in [0.1, 0.15) is 34.1 Å². The highest BCUT2D eigenvalue weighted by Crippen LogP contribution is 2.08. The highest BCUT2D eigenvalue weighted by Gasteiger charge is 2.18. The average Bonchev–Trinajstić information content (AvgIpc) is 2.23. The Labute approximate surface area is 110 Å². The van der Waals surface area contributed by atoms with Gasteiger partial charge in [-0.05, 0) is 27.2 Å². The fraction of sp³-hybridized carbons (Fsp3) is 0.833. The normalized spacial score (nSPS) is 12.2. The maximum absolute atomic E-state index is 11.6. The van der Waals surface area contributed by atoms with E-state index in [9.17, 15) is 4.79 Å². The van der Waals surface area contributed by atoms with Crippen LogP contribution < -0.4 is 11.1 Å². The molecule has 0 saturated carbocycles. The molecule has 0 heterocycles. The Morgan fingerprint density at radius 2 is 2.06 bits per heavy atom. The van der Waals surface area contributed by atoms with Crippen molar-refractivity contribution < 1.29 is 9.53 Å². The Bertz CT molecular complexity index is 284. The number of aliphatic imine (C=N–C) groups is 1. The lowest BCUT2D eigenvalue weighted by Gasteiger charge is -2.24. The number of hydrogen-bond donors (Lipinski definition) is 2. The van der Waals surface area contributed by atoms with Crippen molar-refractivity contribution in [3.63, 3.8) is 0 Å². The van der Waals surface area contributed by atoms with Crippen LogP contribution in [0, 0.1) is 0 Å². The van der Waals surface area contributed by atoms with Gasteiger partial charge in [-0.3, -0.25) is 4.99 Å². The van der Waals surface area contributed by atoms with E-state index in [-0.39, 0.29) is 6.09 Å². The van der Waals surface area contributed by atoms with Crippen LogP contribution in [0.5, 0.6) is 0 Å². The predicted octanol–water partition coefficient (Wildman–Crippen LogP) is 1.17. The third-order valence-electron chi connectivity index (χ3n) is 1.96. The number of nitrogens with one attached hydrogen (secondary N) is 1. The lowest BCUT2D eigenvalue weighted by molar-refractivity contribution is 0.0302. The second-order valence-electron chi connectivity index (χ2n) is 5.10. The molecule has 6 nitrogen and oxygen atoms in total. The first-order chi connectivity index (χ1) is 8.26. The zero-order valence-electron chi connectivity index (χ0n) is 12.1. The summed E-state index contributed by atoms with van der Waals surface area (Å²) >= 11 is 0. The van der Waals surface area contributed by atoms with Gasteiger partial charge in [-0.15, -0.1) is 0 Å². The molecular weight excluding hydrogens is 232 g/mol. The second kappa shape index (κ2) is 7.79. The molecule has 18 heavy (non-hydrogen) atoms. The summed E-state index contributed by atoms with van der Waals surface area (Å²) in [7, 11) is 1.69. The zero-order chi connectivity index (χ0) is 14.2. The largest absolute Gasteiger partial charge is 0.444 e. The summed E-state index contributed by atoms with van der Waals surface area (Å²) in [4.78, 5) is 17.2. The third kappa shape index (κ3) is 8.66. The van der Waals surface area contributed by atoms with Gasteiger partial charge in [0.05, 0.1) is 0 Å². The van der Waals surface area contributed by atoms with Gasteiger partial charge in [0.15, 0.2) is 5.96 Å². The minimum atomic E-state index is -0.472. The van der Waals surface area contributed by atoms with E-state index in [1.807, 2.05) is 27.7 Å². The minimum Gasteiger partial charge on any atom is -0.444 e. The van der Waals surface area contributed by atoms with Crippen LogP contribution in [-0.4, -0.2) is 49.2 Å². The summed E-state index contributed by atoms with van der Waals surface area (Å²) in [5, 5.41) is 2.94. The fourth-order valence-corrected chi connectivity index (χ4v) is 1.07. The third-order valence-corrected chi connectivity index (χ3v) is 1.96. The van der Waals surface area contributed by atoms with Crippen molar-refractivity contribution in [1.29, 1.82) is 0 Å². The van der Waals surface area contributed by atoms with Crippen LogP contribution in [0.25, 0.3) is 0 Å². The Kier molecular flexibility index (Phi) is 7.16. The SMILES string of the molecule is CCCN=C(N)NCCN(C)C(=O)OC(C)(C)C. The van der Waals surface area contributed by atoms with Gasteiger partial charge in [-0.1, -0.05) is 6.92 Å². The van der Waals surface area contributed by atoms with E-state index < -0.39 is 5.60 Å². The molecule has 0 aliphatic heterocycles. The standard InChI is InChI=1S/C12H26N4O2/c1-6-7-14-10(13)15-8-9-16(5)11(17)18-12(2,3)4/h6-9H2,1-5H3,(H3,13,14,15).